The van der Waals surface area contributed by atoms with E-state index in [-0.39, 0.29) is 5.54 Å². The predicted molar refractivity (Wildman–Crippen MR) is 99.9 cm³/mol. The maximum atomic E-state index is 11.5. The zero-order valence-electron chi connectivity index (χ0n) is 15.9. The van der Waals surface area contributed by atoms with Crippen LogP contribution in [0.3, 0.4) is 0 Å². The lowest BCUT2D eigenvalue weighted by Crippen LogP contribution is -2.34. The van der Waals surface area contributed by atoms with Crippen LogP contribution in [0, 0.1) is 0 Å². The lowest BCUT2D eigenvalue weighted by molar-refractivity contribution is 0.0774. The Balaban J connectivity index is 3.51. The Kier molecular flexibility index (Phi) is 11.8. The van der Waals surface area contributed by atoms with E-state index in [2.05, 4.69) is 5.09 Å². The fourth-order valence-electron chi connectivity index (χ4n) is 2.17. The zero-order valence-corrected chi connectivity index (χ0v) is 17.7. The number of hydrogen-bond acceptors (Lipinski definition) is 4. The van der Waals surface area contributed by atoms with Gasteiger partial charge in [-0.15, -0.1) is 4.89 Å². The second-order valence-corrected chi connectivity index (χ2v) is 10.7. The Bertz CT molecular complexity index is 440. The first-order valence-corrected chi connectivity index (χ1v) is 11.5. The van der Waals surface area contributed by atoms with E-state index in [1.807, 2.05) is 13.8 Å². The van der Waals surface area contributed by atoms with Gasteiger partial charge in [0.05, 0.1) is 10.7 Å². The molecule has 2 unspecified atom stereocenters. The maximum Gasteiger partial charge on any atom is 0.610 e. The van der Waals surface area contributed by atoms with Crippen LogP contribution in [0.15, 0.2) is 0 Å². The lowest BCUT2D eigenvalue weighted by Gasteiger charge is -2.26. The fraction of sp³-hybridized carbons (Fsp3) is 1.00. The molecule has 0 spiro atoms. The predicted octanol–water partition coefficient (Wildman–Crippen LogP) is 2.91. The van der Waals surface area contributed by atoms with Gasteiger partial charge in [-0.25, -0.2) is 0 Å². The highest BCUT2D eigenvalue weighted by molar-refractivity contribution is 7.57. The topological polar surface area (TPSA) is 131 Å². The number of ether oxygens (including phenoxy) is 2. The first-order valence-electron chi connectivity index (χ1n) is 8.58. The first kappa shape index (κ1) is 25.1. The summed E-state index contributed by atoms with van der Waals surface area (Å²) >= 11 is 0. The van der Waals surface area contributed by atoms with E-state index < -0.39 is 20.9 Å². The van der Waals surface area contributed by atoms with E-state index in [0.29, 0.717) is 39.3 Å². The molecule has 0 fully saturated rings. The number of rotatable bonds is 15. The fourth-order valence-corrected chi connectivity index (χ4v) is 3.27. The van der Waals surface area contributed by atoms with Crippen molar-refractivity contribution in [2.75, 3.05) is 26.4 Å². The highest BCUT2D eigenvalue weighted by atomic mass is 31.2. The molecule has 0 aliphatic carbocycles. The van der Waals surface area contributed by atoms with Crippen LogP contribution >= 0.6 is 15.7 Å². The van der Waals surface area contributed by atoms with Gasteiger partial charge in [-0.2, -0.15) is 0 Å². The molecule has 2 atom stereocenters. The van der Waals surface area contributed by atoms with E-state index in [1.165, 1.54) is 0 Å². The van der Waals surface area contributed by atoms with Gasteiger partial charge in [0, 0.05) is 26.4 Å². The highest BCUT2D eigenvalue weighted by Gasteiger charge is 2.34. The standard InChI is InChI=1S/C15H34N2O6P2/c1-14(2,17-24(18)19)8-5-10-22-12-7-13-23-11-6-9-15(3,4)25(16,20)21/h5-13H2,1-4H3,(H4-,16,17,18,19,20,21)/p+1. The summed E-state index contributed by atoms with van der Waals surface area (Å²) in [7, 11) is -5.91. The molecule has 0 radical (unpaired) electrons. The monoisotopic (exact) mass is 401 g/mol. The largest absolute Gasteiger partial charge is 0.610 e. The van der Waals surface area contributed by atoms with Crippen LogP contribution in [0.1, 0.15) is 59.8 Å². The van der Waals surface area contributed by atoms with Crippen molar-refractivity contribution in [2.24, 2.45) is 5.50 Å². The third-order valence-corrected chi connectivity index (χ3v) is 6.77. The van der Waals surface area contributed by atoms with Crippen LogP contribution in [0.5, 0.6) is 0 Å². The summed E-state index contributed by atoms with van der Waals surface area (Å²) in [5.41, 5.74) is 4.92. The number of nitrogens with one attached hydrogen (secondary N) is 1. The lowest BCUT2D eigenvalue weighted by atomic mass is 10.0. The van der Waals surface area contributed by atoms with E-state index in [9.17, 15) is 14.0 Å². The molecular weight excluding hydrogens is 366 g/mol. The quantitative estimate of drug-likeness (QED) is 0.243. The molecule has 0 aromatic heterocycles. The van der Waals surface area contributed by atoms with Crippen LogP contribution in [0.4, 0.5) is 0 Å². The minimum atomic E-state index is -3.58. The molecule has 0 aliphatic rings. The van der Waals surface area contributed by atoms with Gasteiger partial charge in [0.2, 0.25) is 0 Å². The van der Waals surface area contributed by atoms with Crippen molar-refractivity contribution in [3.05, 3.63) is 0 Å². The molecule has 10 heteroatoms. The second kappa shape index (κ2) is 11.7. The Hall–Kier alpha value is 0.0900. The van der Waals surface area contributed by atoms with Crippen LogP contribution in [-0.4, -0.2) is 46.9 Å². The molecule has 0 saturated carbocycles. The Morgan fingerprint density at radius 2 is 1.44 bits per heavy atom. The highest BCUT2D eigenvalue weighted by Crippen LogP contribution is 2.49. The van der Waals surface area contributed by atoms with E-state index in [4.69, 9.17) is 19.9 Å². The first-order chi connectivity index (χ1) is 11.4. The van der Waals surface area contributed by atoms with Gasteiger partial charge in [-0.1, -0.05) is 5.09 Å². The average Bonchev–Trinajstić information content (AvgIpc) is 2.41. The molecule has 0 aliphatic heterocycles. The minimum absolute atomic E-state index is 0.384. The van der Waals surface area contributed by atoms with Gasteiger partial charge >= 0.3 is 8.18 Å². The normalized spacial score (nSPS) is 15.9. The van der Waals surface area contributed by atoms with Crippen molar-refractivity contribution in [3.8, 4) is 0 Å². The van der Waals surface area contributed by atoms with Gasteiger partial charge < -0.3 is 14.4 Å². The summed E-state index contributed by atoms with van der Waals surface area (Å²) in [6.45, 7) is 9.46. The summed E-state index contributed by atoms with van der Waals surface area (Å²) in [5, 5.41) is 1.83. The Morgan fingerprint density at radius 1 is 1.00 bits per heavy atom. The third-order valence-electron chi connectivity index (χ3n) is 4.01. The van der Waals surface area contributed by atoms with Gasteiger partial charge in [0.15, 0.2) is 0 Å². The van der Waals surface area contributed by atoms with Crippen molar-refractivity contribution >= 4 is 15.7 Å². The van der Waals surface area contributed by atoms with Gasteiger partial charge in [-0.3, -0.25) is 10.1 Å². The molecular formula is C15H35N2O6P2+. The SMILES string of the molecule is CC(C)(CCCOCCCOCCCC(C)(C)P(N)(=O)O)N[P+](=O)O. The molecule has 0 rings (SSSR count). The number of hydrogen-bond donors (Lipinski definition) is 4. The van der Waals surface area contributed by atoms with Crippen molar-refractivity contribution in [2.45, 2.75) is 70.5 Å². The van der Waals surface area contributed by atoms with Crippen LogP contribution in [-0.2, 0) is 18.6 Å². The number of nitrogens with two attached hydrogens (primary N) is 1. The molecule has 25 heavy (non-hydrogen) atoms. The van der Waals surface area contributed by atoms with E-state index in [1.54, 1.807) is 13.8 Å². The molecule has 0 heterocycles. The van der Waals surface area contributed by atoms with Crippen molar-refractivity contribution in [1.82, 2.24) is 5.09 Å². The van der Waals surface area contributed by atoms with Crippen molar-refractivity contribution in [3.63, 3.8) is 0 Å². The van der Waals surface area contributed by atoms with E-state index in [0.717, 1.165) is 19.3 Å². The molecule has 8 nitrogen and oxygen atoms in total. The molecule has 0 bridgehead atoms. The summed E-state index contributed by atoms with van der Waals surface area (Å²) in [6.07, 6.45) is 3.56. The summed E-state index contributed by atoms with van der Waals surface area (Å²) in [4.78, 5) is 18.3. The molecule has 5 N–H and O–H groups in total. The van der Waals surface area contributed by atoms with Gasteiger partial charge in [0.1, 0.15) is 0 Å². The van der Waals surface area contributed by atoms with E-state index >= 15 is 0 Å². The summed E-state index contributed by atoms with van der Waals surface area (Å²) in [5.74, 6) is 0. The maximum absolute atomic E-state index is 11.5. The average molecular weight is 401 g/mol. The minimum Gasteiger partial charge on any atom is -0.381 e. The molecule has 150 valence electrons. The van der Waals surface area contributed by atoms with Crippen LogP contribution in [0.2, 0.25) is 0 Å². The molecule has 0 aromatic rings. The van der Waals surface area contributed by atoms with Crippen molar-refractivity contribution < 1.29 is 28.4 Å². The molecule has 0 amide bonds. The van der Waals surface area contributed by atoms with Crippen LogP contribution in [0.25, 0.3) is 0 Å². The summed E-state index contributed by atoms with van der Waals surface area (Å²) in [6, 6.07) is 0. The second-order valence-electron chi connectivity index (χ2n) is 7.49. The third kappa shape index (κ3) is 13.0. The van der Waals surface area contributed by atoms with Crippen molar-refractivity contribution in [1.29, 1.82) is 0 Å². The molecule has 0 aromatic carbocycles. The van der Waals surface area contributed by atoms with Gasteiger partial charge in [-0.05, 0) is 64.4 Å². The van der Waals surface area contributed by atoms with Gasteiger partial charge in [0.25, 0.3) is 7.52 Å². The van der Waals surface area contributed by atoms with Crippen LogP contribution < -0.4 is 10.6 Å². The molecule has 0 saturated heterocycles. The Morgan fingerprint density at radius 3 is 1.88 bits per heavy atom. The Labute approximate surface area is 152 Å². The zero-order chi connectivity index (χ0) is 19.6. The summed E-state index contributed by atoms with van der Waals surface area (Å²) < 4.78 is 33.2. The smallest absolute Gasteiger partial charge is 0.381 e.